The first-order valence-electron chi connectivity index (χ1n) is 10.1. The maximum Gasteiger partial charge on any atom is 0.280 e. The van der Waals surface area contributed by atoms with Crippen LogP contribution in [0.3, 0.4) is 0 Å². The van der Waals surface area contributed by atoms with Crippen LogP contribution in [0.25, 0.3) is 0 Å². The molecule has 0 saturated heterocycles. The van der Waals surface area contributed by atoms with E-state index in [1.165, 1.54) is 23.1 Å². The van der Waals surface area contributed by atoms with Crippen LogP contribution in [0.15, 0.2) is 47.2 Å². The van der Waals surface area contributed by atoms with E-state index in [9.17, 15) is 9.18 Å². The number of amides is 1. The van der Waals surface area contributed by atoms with Gasteiger partial charge in [-0.2, -0.15) is 0 Å². The van der Waals surface area contributed by atoms with Crippen LogP contribution in [0.2, 0.25) is 5.02 Å². The fraction of sp³-hybridized carbons (Fsp3) is 0.217. The molecule has 0 unspecified atom stereocenters. The number of carbonyl (C=O) groups is 1. The van der Waals surface area contributed by atoms with E-state index in [0.29, 0.717) is 22.6 Å². The van der Waals surface area contributed by atoms with Gasteiger partial charge in [-0.25, -0.2) is 14.1 Å². The first-order valence-corrected chi connectivity index (χ1v) is 10.5. The number of rotatable bonds is 7. The Balaban J connectivity index is 1.44. The summed E-state index contributed by atoms with van der Waals surface area (Å²) in [4.78, 5) is 16.9. The highest BCUT2D eigenvalue weighted by Crippen LogP contribution is 2.23. The topological polar surface area (TPSA) is 95.1 Å². The number of halogens is 2. The van der Waals surface area contributed by atoms with Gasteiger partial charge in [-0.3, -0.25) is 10.1 Å². The Labute approximate surface area is 194 Å². The number of nitrogens with zero attached hydrogens (tertiary/aromatic N) is 4. The molecule has 4 rings (SSSR count). The third kappa shape index (κ3) is 5.20. The molecule has 33 heavy (non-hydrogen) atoms. The monoisotopic (exact) mass is 469 g/mol. The molecule has 0 spiro atoms. The van der Waals surface area contributed by atoms with Crippen LogP contribution in [0, 0.1) is 26.6 Å². The molecule has 0 atom stereocenters. The van der Waals surface area contributed by atoms with Crippen molar-refractivity contribution in [2.24, 2.45) is 0 Å². The molecule has 0 aliphatic rings. The lowest BCUT2D eigenvalue weighted by molar-refractivity contribution is 0.101. The van der Waals surface area contributed by atoms with Gasteiger partial charge in [0, 0.05) is 5.02 Å². The third-order valence-electron chi connectivity index (χ3n) is 5.01. The van der Waals surface area contributed by atoms with Crippen LogP contribution < -0.4 is 10.1 Å². The number of aryl methyl sites for hydroxylation is 3. The van der Waals surface area contributed by atoms with Gasteiger partial charge < -0.3 is 9.26 Å². The van der Waals surface area contributed by atoms with Crippen molar-refractivity contribution >= 4 is 23.5 Å². The molecule has 2 heterocycles. The summed E-state index contributed by atoms with van der Waals surface area (Å²) >= 11 is 6.06. The van der Waals surface area contributed by atoms with Crippen molar-refractivity contribution in [2.45, 2.75) is 33.9 Å². The second kappa shape index (κ2) is 9.41. The highest BCUT2D eigenvalue weighted by molar-refractivity contribution is 6.31. The van der Waals surface area contributed by atoms with E-state index in [4.69, 9.17) is 20.9 Å². The molecule has 2 aromatic heterocycles. The SMILES string of the molecule is Cc1ccc(OCc2c(C(=O)Nc3ncn(Cc4ccc(F)cc4Cl)n3)noc2C)c(C)c1. The minimum atomic E-state index is -0.524. The van der Waals surface area contributed by atoms with Crippen LogP contribution >= 0.6 is 11.6 Å². The summed E-state index contributed by atoms with van der Waals surface area (Å²) in [5, 5.41) is 11.0. The minimum Gasteiger partial charge on any atom is -0.488 e. The smallest absolute Gasteiger partial charge is 0.280 e. The molecule has 8 nitrogen and oxygen atoms in total. The van der Waals surface area contributed by atoms with Crippen LogP contribution in [0.1, 0.15) is 38.5 Å². The zero-order valence-corrected chi connectivity index (χ0v) is 19.0. The molecule has 0 fully saturated rings. The molecular weight excluding hydrogens is 449 g/mol. The van der Waals surface area contributed by atoms with Crippen molar-refractivity contribution < 1.29 is 18.4 Å². The standard InChI is InChI=1S/C23H21ClFN5O3/c1-13-4-7-20(14(2)8-13)32-11-18-15(3)33-29-21(18)22(31)27-23-26-12-30(28-23)10-16-5-6-17(25)9-19(16)24/h4-9,12H,10-11H2,1-3H3,(H,27,28,31). The molecule has 170 valence electrons. The second-order valence-corrected chi connectivity index (χ2v) is 7.99. The zero-order chi connectivity index (χ0) is 23.5. The number of hydrogen-bond donors (Lipinski definition) is 1. The van der Waals surface area contributed by atoms with Crippen molar-refractivity contribution in [1.29, 1.82) is 0 Å². The van der Waals surface area contributed by atoms with E-state index in [0.717, 1.165) is 11.1 Å². The maximum absolute atomic E-state index is 13.2. The lowest BCUT2D eigenvalue weighted by atomic mass is 10.1. The highest BCUT2D eigenvalue weighted by Gasteiger charge is 2.22. The lowest BCUT2D eigenvalue weighted by Crippen LogP contribution is -2.16. The van der Waals surface area contributed by atoms with Crippen molar-refractivity contribution in [1.82, 2.24) is 19.9 Å². The summed E-state index contributed by atoms with van der Waals surface area (Å²) < 4.78 is 25.8. The van der Waals surface area contributed by atoms with Gasteiger partial charge in [0.05, 0.1) is 12.1 Å². The van der Waals surface area contributed by atoms with E-state index >= 15 is 0 Å². The Morgan fingerprint density at radius 2 is 2.03 bits per heavy atom. The number of aromatic nitrogens is 4. The van der Waals surface area contributed by atoms with E-state index in [1.807, 2.05) is 32.0 Å². The molecule has 0 aliphatic heterocycles. The number of hydrogen-bond acceptors (Lipinski definition) is 6. The van der Waals surface area contributed by atoms with Crippen LogP contribution in [0.5, 0.6) is 5.75 Å². The van der Waals surface area contributed by atoms with Gasteiger partial charge in [0.2, 0.25) is 5.95 Å². The highest BCUT2D eigenvalue weighted by atomic mass is 35.5. The van der Waals surface area contributed by atoms with Gasteiger partial charge in [-0.15, -0.1) is 5.10 Å². The second-order valence-electron chi connectivity index (χ2n) is 7.58. The predicted octanol–water partition coefficient (Wildman–Crippen LogP) is 4.86. The minimum absolute atomic E-state index is 0.0835. The summed E-state index contributed by atoms with van der Waals surface area (Å²) in [7, 11) is 0. The lowest BCUT2D eigenvalue weighted by Gasteiger charge is -2.10. The van der Waals surface area contributed by atoms with Crippen molar-refractivity contribution in [2.75, 3.05) is 5.32 Å². The van der Waals surface area contributed by atoms with Crippen molar-refractivity contribution in [3.63, 3.8) is 0 Å². The zero-order valence-electron chi connectivity index (χ0n) is 18.2. The Morgan fingerprint density at radius 3 is 2.79 bits per heavy atom. The van der Waals surface area contributed by atoms with Crippen LogP contribution in [-0.2, 0) is 13.2 Å². The average Bonchev–Trinajstić information content (AvgIpc) is 3.35. The average molecular weight is 470 g/mol. The largest absolute Gasteiger partial charge is 0.488 e. The third-order valence-corrected chi connectivity index (χ3v) is 5.36. The molecule has 1 amide bonds. The van der Waals surface area contributed by atoms with E-state index in [2.05, 4.69) is 20.6 Å². The fourth-order valence-corrected chi connectivity index (χ4v) is 3.49. The quantitative estimate of drug-likeness (QED) is 0.415. The number of ether oxygens (including phenoxy) is 1. The Morgan fingerprint density at radius 1 is 1.21 bits per heavy atom. The molecule has 0 bridgehead atoms. The molecule has 10 heteroatoms. The van der Waals surface area contributed by atoms with E-state index in [1.54, 1.807) is 13.0 Å². The summed E-state index contributed by atoms with van der Waals surface area (Å²) in [6.07, 6.45) is 1.44. The predicted molar refractivity (Wildman–Crippen MR) is 120 cm³/mol. The van der Waals surface area contributed by atoms with Gasteiger partial charge in [-0.1, -0.05) is 40.5 Å². The molecule has 0 aliphatic carbocycles. The number of anilines is 1. The van der Waals surface area contributed by atoms with E-state index < -0.39 is 11.7 Å². The summed E-state index contributed by atoms with van der Waals surface area (Å²) in [6.45, 7) is 6.06. The molecule has 2 aromatic carbocycles. The Kier molecular flexibility index (Phi) is 6.41. The molecule has 0 saturated carbocycles. The van der Waals surface area contributed by atoms with E-state index in [-0.39, 0.29) is 29.8 Å². The number of benzene rings is 2. The van der Waals surface area contributed by atoms with Gasteiger partial charge in [0.1, 0.15) is 30.3 Å². The van der Waals surface area contributed by atoms with Gasteiger partial charge >= 0.3 is 0 Å². The summed E-state index contributed by atoms with van der Waals surface area (Å²) in [6, 6.07) is 9.97. The number of nitrogens with one attached hydrogen (secondary N) is 1. The first-order chi connectivity index (χ1) is 15.8. The van der Waals surface area contributed by atoms with Gasteiger partial charge in [-0.05, 0) is 50.1 Å². The first kappa shape index (κ1) is 22.5. The fourth-order valence-electron chi connectivity index (χ4n) is 3.26. The number of carbonyl (C=O) groups excluding carboxylic acids is 1. The summed E-state index contributed by atoms with van der Waals surface area (Å²) in [5.74, 6) is 0.334. The Bertz CT molecular complexity index is 1320. The maximum atomic E-state index is 13.2. The molecular formula is C23H21ClFN5O3. The summed E-state index contributed by atoms with van der Waals surface area (Å²) in [5.41, 5.74) is 3.42. The normalized spacial score (nSPS) is 10.9. The van der Waals surface area contributed by atoms with Crippen molar-refractivity contribution in [3.8, 4) is 5.75 Å². The van der Waals surface area contributed by atoms with Gasteiger partial charge in [0.15, 0.2) is 5.69 Å². The van der Waals surface area contributed by atoms with Crippen molar-refractivity contribution in [3.05, 3.63) is 87.3 Å². The van der Waals surface area contributed by atoms with Crippen LogP contribution in [0.4, 0.5) is 10.3 Å². The molecule has 0 radical (unpaired) electrons. The van der Waals surface area contributed by atoms with Crippen LogP contribution in [-0.4, -0.2) is 25.8 Å². The Hall–Kier alpha value is -3.72. The molecule has 1 N–H and O–H groups in total. The van der Waals surface area contributed by atoms with Gasteiger partial charge in [0.25, 0.3) is 5.91 Å². The molecule has 4 aromatic rings.